The Labute approximate surface area is 119 Å². The zero-order valence-electron chi connectivity index (χ0n) is 10.4. The predicted molar refractivity (Wildman–Crippen MR) is 71.2 cm³/mol. The maximum atomic E-state index is 13.2. The maximum absolute atomic E-state index is 13.2. The fourth-order valence-electron chi connectivity index (χ4n) is 2.07. The molecule has 0 atom stereocenters. The van der Waals surface area contributed by atoms with Gasteiger partial charge in [0.1, 0.15) is 0 Å². The third-order valence-electron chi connectivity index (χ3n) is 3.34. The van der Waals surface area contributed by atoms with Gasteiger partial charge in [-0.15, -0.1) is 0 Å². The Balaban J connectivity index is 2.37. The summed E-state index contributed by atoms with van der Waals surface area (Å²) < 4.78 is 52.4. The zero-order valence-corrected chi connectivity index (χ0v) is 12.8. The summed E-state index contributed by atoms with van der Waals surface area (Å²) >= 11 is 2.98. The number of halogens is 3. The Morgan fingerprint density at radius 3 is 2.32 bits per heavy atom. The van der Waals surface area contributed by atoms with Crippen molar-refractivity contribution in [2.45, 2.75) is 24.7 Å². The molecule has 19 heavy (non-hydrogen) atoms. The van der Waals surface area contributed by atoms with E-state index in [1.54, 1.807) is 0 Å². The first-order valence-electron chi connectivity index (χ1n) is 5.97. The van der Waals surface area contributed by atoms with Crippen LogP contribution in [0.5, 0.6) is 0 Å². The minimum absolute atomic E-state index is 0.0463. The predicted octanol–water partition coefficient (Wildman–Crippen LogP) is 3.15. The third kappa shape index (κ3) is 2.98. The minimum atomic E-state index is -3.78. The summed E-state index contributed by atoms with van der Waals surface area (Å²) in [5.74, 6) is -1.75. The molecule has 1 aliphatic rings. The highest BCUT2D eigenvalue weighted by Crippen LogP contribution is 2.29. The molecule has 1 saturated heterocycles. The van der Waals surface area contributed by atoms with Crippen LogP contribution in [0.15, 0.2) is 21.5 Å². The first kappa shape index (κ1) is 14.9. The first-order chi connectivity index (χ1) is 8.82. The number of benzene rings is 1. The molecular formula is C12H14BrF2NO2S. The highest BCUT2D eigenvalue weighted by atomic mass is 79.9. The molecule has 0 aliphatic carbocycles. The van der Waals surface area contributed by atoms with Crippen molar-refractivity contribution in [1.29, 1.82) is 0 Å². The van der Waals surface area contributed by atoms with Crippen LogP contribution in [0.1, 0.15) is 19.8 Å². The van der Waals surface area contributed by atoms with E-state index in [4.69, 9.17) is 0 Å². The molecule has 1 aromatic carbocycles. The van der Waals surface area contributed by atoms with E-state index < -0.39 is 21.7 Å². The average Bonchev–Trinajstić information content (AvgIpc) is 2.34. The summed E-state index contributed by atoms with van der Waals surface area (Å²) in [6, 6.07) is 1.57. The standard InChI is InChI=1S/C12H14BrF2NO2S/c1-8-2-4-16(5-3-8)19(17,18)12-7-11(15)10(14)6-9(12)13/h6-8H,2-5H2,1H3. The van der Waals surface area contributed by atoms with Crippen LogP contribution in [0.25, 0.3) is 0 Å². The largest absolute Gasteiger partial charge is 0.244 e. The molecule has 1 aromatic rings. The number of piperidine rings is 1. The van der Waals surface area contributed by atoms with E-state index in [1.807, 2.05) is 0 Å². The zero-order chi connectivity index (χ0) is 14.2. The van der Waals surface area contributed by atoms with Gasteiger partial charge in [0.15, 0.2) is 11.6 Å². The molecular weight excluding hydrogens is 340 g/mol. The van der Waals surface area contributed by atoms with Gasteiger partial charge >= 0.3 is 0 Å². The number of hydrogen-bond donors (Lipinski definition) is 0. The van der Waals surface area contributed by atoms with E-state index in [0.717, 1.165) is 25.0 Å². The van der Waals surface area contributed by atoms with Crippen LogP contribution in [0.4, 0.5) is 8.78 Å². The lowest BCUT2D eigenvalue weighted by Crippen LogP contribution is -2.38. The van der Waals surface area contributed by atoms with Gasteiger partial charge in [0.25, 0.3) is 0 Å². The maximum Gasteiger partial charge on any atom is 0.244 e. The molecule has 0 unspecified atom stereocenters. The molecule has 0 aromatic heterocycles. The van der Waals surface area contributed by atoms with E-state index in [0.29, 0.717) is 19.0 Å². The summed E-state index contributed by atoms with van der Waals surface area (Å²) in [6.07, 6.45) is 1.56. The number of nitrogens with zero attached hydrogens (tertiary/aromatic N) is 1. The molecule has 106 valence electrons. The SMILES string of the molecule is CC1CCN(S(=O)(=O)c2cc(F)c(F)cc2Br)CC1. The van der Waals surface area contributed by atoms with Crippen LogP contribution in [-0.4, -0.2) is 25.8 Å². The molecule has 1 fully saturated rings. The van der Waals surface area contributed by atoms with Crippen molar-refractivity contribution in [3.63, 3.8) is 0 Å². The van der Waals surface area contributed by atoms with Crippen molar-refractivity contribution >= 4 is 26.0 Å². The highest BCUT2D eigenvalue weighted by Gasteiger charge is 2.30. The second-order valence-corrected chi connectivity index (χ2v) is 7.54. The van der Waals surface area contributed by atoms with Gasteiger partial charge in [-0.3, -0.25) is 0 Å². The van der Waals surface area contributed by atoms with E-state index >= 15 is 0 Å². The molecule has 0 N–H and O–H groups in total. The van der Waals surface area contributed by atoms with Crippen LogP contribution in [0, 0.1) is 17.6 Å². The van der Waals surface area contributed by atoms with Gasteiger partial charge in [0.2, 0.25) is 10.0 Å². The molecule has 2 rings (SSSR count). The van der Waals surface area contributed by atoms with Crippen LogP contribution in [0.2, 0.25) is 0 Å². The van der Waals surface area contributed by atoms with E-state index in [2.05, 4.69) is 22.9 Å². The van der Waals surface area contributed by atoms with Crippen molar-refractivity contribution in [2.24, 2.45) is 5.92 Å². The van der Waals surface area contributed by atoms with E-state index in [9.17, 15) is 17.2 Å². The lowest BCUT2D eigenvalue weighted by Gasteiger charge is -2.29. The molecule has 0 saturated carbocycles. The Hall–Kier alpha value is -0.530. The van der Waals surface area contributed by atoms with Gasteiger partial charge in [0, 0.05) is 17.6 Å². The van der Waals surface area contributed by atoms with Gasteiger partial charge in [-0.25, -0.2) is 17.2 Å². The average molecular weight is 354 g/mol. The highest BCUT2D eigenvalue weighted by molar-refractivity contribution is 9.10. The fraction of sp³-hybridized carbons (Fsp3) is 0.500. The molecule has 0 radical (unpaired) electrons. The number of sulfonamides is 1. The molecule has 7 heteroatoms. The second kappa shape index (κ2) is 5.46. The van der Waals surface area contributed by atoms with Crippen LogP contribution >= 0.6 is 15.9 Å². The van der Waals surface area contributed by atoms with Gasteiger partial charge in [-0.05, 0) is 46.8 Å². The molecule has 0 bridgehead atoms. The number of hydrogen-bond acceptors (Lipinski definition) is 2. The quantitative estimate of drug-likeness (QED) is 0.766. The van der Waals surface area contributed by atoms with Gasteiger partial charge in [0.05, 0.1) is 4.90 Å². The van der Waals surface area contributed by atoms with Crippen molar-refractivity contribution < 1.29 is 17.2 Å². The second-order valence-electron chi connectivity index (χ2n) is 4.78. The molecule has 0 amide bonds. The Bertz CT molecular complexity index is 584. The third-order valence-corrected chi connectivity index (χ3v) is 6.19. The molecule has 1 heterocycles. The molecule has 0 spiro atoms. The van der Waals surface area contributed by atoms with Crippen molar-refractivity contribution in [2.75, 3.05) is 13.1 Å². The summed E-state index contributed by atoms with van der Waals surface area (Å²) in [5, 5.41) is 0. The van der Waals surface area contributed by atoms with Crippen LogP contribution in [0.3, 0.4) is 0 Å². The summed E-state index contributed by atoms with van der Waals surface area (Å²) in [6.45, 7) is 2.89. The van der Waals surface area contributed by atoms with E-state index in [-0.39, 0.29) is 9.37 Å². The summed E-state index contributed by atoms with van der Waals surface area (Å²) in [7, 11) is -3.78. The van der Waals surface area contributed by atoms with Crippen molar-refractivity contribution in [3.8, 4) is 0 Å². The molecule has 3 nitrogen and oxygen atoms in total. The van der Waals surface area contributed by atoms with Crippen LogP contribution in [-0.2, 0) is 10.0 Å². The smallest absolute Gasteiger partial charge is 0.207 e. The monoisotopic (exact) mass is 353 g/mol. The lowest BCUT2D eigenvalue weighted by atomic mass is 10.0. The summed E-state index contributed by atoms with van der Waals surface area (Å²) in [4.78, 5) is -0.221. The minimum Gasteiger partial charge on any atom is -0.207 e. The van der Waals surface area contributed by atoms with Crippen LogP contribution < -0.4 is 0 Å². The van der Waals surface area contributed by atoms with Crippen molar-refractivity contribution in [3.05, 3.63) is 28.2 Å². The number of rotatable bonds is 2. The Kier molecular flexibility index (Phi) is 4.27. The molecule has 1 aliphatic heterocycles. The first-order valence-corrected chi connectivity index (χ1v) is 8.20. The Morgan fingerprint density at radius 1 is 1.21 bits per heavy atom. The van der Waals surface area contributed by atoms with Crippen molar-refractivity contribution in [1.82, 2.24) is 4.31 Å². The normalized spacial score (nSPS) is 18.7. The fourth-order valence-corrected chi connectivity index (χ4v) is 4.52. The lowest BCUT2D eigenvalue weighted by molar-refractivity contribution is 0.288. The van der Waals surface area contributed by atoms with Gasteiger partial charge in [-0.2, -0.15) is 4.31 Å². The van der Waals surface area contributed by atoms with E-state index in [1.165, 1.54) is 4.31 Å². The Morgan fingerprint density at radius 2 is 1.74 bits per heavy atom. The topological polar surface area (TPSA) is 37.4 Å². The summed E-state index contributed by atoms with van der Waals surface area (Å²) in [5.41, 5.74) is 0. The van der Waals surface area contributed by atoms with Gasteiger partial charge < -0.3 is 0 Å². The van der Waals surface area contributed by atoms with Gasteiger partial charge in [-0.1, -0.05) is 6.92 Å².